The van der Waals surface area contributed by atoms with Crippen molar-refractivity contribution in [1.29, 1.82) is 0 Å². The molecule has 6 heteroatoms. The molecule has 142 valence electrons. The van der Waals surface area contributed by atoms with Crippen molar-refractivity contribution in [1.82, 2.24) is 10.2 Å². The van der Waals surface area contributed by atoms with Gasteiger partial charge in [0.15, 0.2) is 0 Å². The van der Waals surface area contributed by atoms with Gasteiger partial charge in [-0.3, -0.25) is 4.90 Å². The normalized spacial score (nSPS) is 16.5. The van der Waals surface area contributed by atoms with Crippen LogP contribution in [0.2, 0.25) is 0 Å². The van der Waals surface area contributed by atoms with Crippen molar-refractivity contribution in [3.63, 3.8) is 0 Å². The zero-order valence-corrected chi connectivity index (χ0v) is 15.3. The van der Waals surface area contributed by atoms with Crippen LogP contribution in [0.4, 0.5) is 0 Å². The second kappa shape index (κ2) is 9.73. The summed E-state index contributed by atoms with van der Waals surface area (Å²) in [5, 5.41) is 13.5. The minimum absolute atomic E-state index is 0.292. The number of aliphatic hydroxyl groups excluding tert-OH is 1. The van der Waals surface area contributed by atoms with Gasteiger partial charge in [0.25, 0.3) is 0 Å². The van der Waals surface area contributed by atoms with Crippen LogP contribution in [0.15, 0.2) is 40.8 Å². The first-order valence-electron chi connectivity index (χ1n) is 9.15. The maximum absolute atomic E-state index is 10.2. The lowest BCUT2D eigenvalue weighted by atomic mass is 10.2. The Balaban J connectivity index is 1.40. The largest absolute Gasteiger partial charge is 0.491 e. The second-order valence-electron chi connectivity index (χ2n) is 6.64. The number of nitrogens with zero attached hydrogens (tertiary/aromatic N) is 1. The molecule has 2 heterocycles. The molecule has 0 bridgehead atoms. The molecule has 1 aliphatic heterocycles. The molecular weight excluding hydrogens is 332 g/mol. The Kier molecular flexibility index (Phi) is 7.08. The van der Waals surface area contributed by atoms with Gasteiger partial charge in [-0.25, -0.2) is 0 Å². The highest BCUT2D eigenvalue weighted by atomic mass is 16.5. The smallest absolute Gasteiger partial charge is 0.119 e. The second-order valence-corrected chi connectivity index (χ2v) is 6.64. The third-order valence-corrected chi connectivity index (χ3v) is 4.34. The van der Waals surface area contributed by atoms with Crippen molar-refractivity contribution < 1.29 is 19.0 Å². The van der Waals surface area contributed by atoms with Gasteiger partial charge in [0.05, 0.1) is 19.8 Å². The predicted molar refractivity (Wildman–Crippen MR) is 99.2 cm³/mol. The molecule has 0 saturated carbocycles. The summed E-state index contributed by atoms with van der Waals surface area (Å²) >= 11 is 0. The number of β-amino-alcohol motifs (C(OH)–C–C–N with tert-alkyl or cyclic N) is 1. The van der Waals surface area contributed by atoms with E-state index < -0.39 is 6.10 Å². The van der Waals surface area contributed by atoms with E-state index in [1.807, 2.05) is 37.3 Å². The van der Waals surface area contributed by atoms with E-state index in [0.717, 1.165) is 55.7 Å². The number of ether oxygens (including phenoxy) is 2. The molecule has 1 saturated heterocycles. The highest BCUT2D eigenvalue weighted by Crippen LogP contribution is 2.14. The summed E-state index contributed by atoms with van der Waals surface area (Å²) < 4.78 is 16.6. The summed E-state index contributed by atoms with van der Waals surface area (Å²) in [5.41, 5.74) is 1.13. The van der Waals surface area contributed by atoms with E-state index in [4.69, 9.17) is 13.9 Å². The first-order chi connectivity index (χ1) is 12.7. The third kappa shape index (κ3) is 6.14. The van der Waals surface area contributed by atoms with Gasteiger partial charge in [-0.15, -0.1) is 0 Å². The Labute approximate surface area is 154 Å². The molecule has 3 rings (SSSR count). The number of nitrogens with one attached hydrogen (secondary N) is 1. The number of hydrogen-bond donors (Lipinski definition) is 2. The summed E-state index contributed by atoms with van der Waals surface area (Å²) in [6.07, 6.45) is -0.503. The fourth-order valence-electron chi connectivity index (χ4n) is 2.98. The minimum atomic E-state index is -0.503. The van der Waals surface area contributed by atoms with Crippen molar-refractivity contribution in [3.05, 3.63) is 53.5 Å². The first kappa shape index (κ1) is 18.9. The van der Waals surface area contributed by atoms with Gasteiger partial charge < -0.3 is 24.3 Å². The lowest BCUT2D eigenvalue weighted by Crippen LogP contribution is -2.42. The van der Waals surface area contributed by atoms with Crippen LogP contribution in [0.5, 0.6) is 5.75 Å². The Morgan fingerprint density at radius 2 is 2.04 bits per heavy atom. The molecule has 6 nitrogen and oxygen atoms in total. The van der Waals surface area contributed by atoms with Crippen LogP contribution >= 0.6 is 0 Å². The van der Waals surface area contributed by atoms with E-state index in [0.29, 0.717) is 19.7 Å². The lowest BCUT2D eigenvalue weighted by molar-refractivity contribution is 0.00465. The van der Waals surface area contributed by atoms with Crippen molar-refractivity contribution >= 4 is 0 Å². The Bertz CT molecular complexity index is 667. The number of aryl methyl sites for hydroxylation is 1. The fraction of sp³-hybridized carbons (Fsp3) is 0.500. The van der Waals surface area contributed by atoms with Gasteiger partial charge in [-0.05, 0) is 36.8 Å². The van der Waals surface area contributed by atoms with Crippen molar-refractivity contribution in [2.24, 2.45) is 0 Å². The van der Waals surface area contributed by atoms with Crippen LogP contribution in [0, 0.1) is 6.92 Å². The quantitative estimate of drug-likeness (QED) is 0.713. The topological polar surface area (TPSA) is 67.1 Å². The molecule has 1 aromatic heterocycles. The Hall–Kier alpha value is -1.86. The average molecular weight is 360 g/mol. The SMILES string of the molecule is Cc1ccc(CNCc2cccc(OCC(O)CN3CCOCC3)c2)o1. The third-order valence-electron chi connectivity index (χ3n) is 4.34. The van der Waals surface area contributed by atoms with E-state index >= 15 is 0 Å². The molecule has 0 aliphatic carbocycles. The zero-order chi connectivity index (χ0) is 18.2. The highest BCUT2D eigenvalue weighted by molar-refractivity contribution is 5.28. The van der Waals surface area contributed by atoms with E-state index in [9.17, 15) is 5.11 Å². The van der Waals surface area contributed by atoms with Crippen molar-refractivity contribution in [3.8, 4) is 5.75 Å². The first-order valence-corrected chi connectivity index (χ1v) is 9.15. The van der Waals surface area contributed by atoms with E-state index in [-0.39, 0.29) is 0 Å². The Morgan fingerprint density at radius 3 is 2.81 bits per heavy atom. The molecule has 0 radical (unpaired) electrons. The molecule has 2 aromatic rings. The van der Waals surface area contributed by atoms with Crippen LogP contribution in [0.3, 0.4) is 0 Å². The molecule has 0 amide bonds. The predicted octanol–water partition coefficient (Wildman–Crippen LogP) is 1.95. The van der Waals surface area contributed by atoms with E-state index in [1.54, 1.807) is 0 Å². The van der Waals surface area contributed by atoms with Crippen molar-refractivity contribution in [2.45, 2.75) is 26.1 Å². The highest BCUT2D eigenvalue weighted by Gasteiger charge is 2.15. The summed E-state index contributed by atoms with van der Waals surface area (Å²) in [6.45, 7) is 7.48. The number of rotatable bonds is 9. The van der Waals surface area contributed by atoms with Gasteiger partial charge in [-0.2, -0.15) is 0 Å². The van der Waals surface area contributed by atoms with Gasteiger partial charge >= 0.3 is 0 Å². The zero-order valence-electron chi connectivity index (χ0n) is 15.3. The molecule has 0 spiro atoms. The molecule has 1 fully saturated rings. The summed E-state index contributed by atoms with van der Waals surface area (Å²) in [7, 11) is 0. The molecule has 2 N–H and O–H groups in total. The monoisotopic (exact) mass is 360 g/mol. The van der Waals surface area contributed by atoms with E-state index in [1.165, 1.54) is 0 Å². The van der Waals surface area contributed by atoms with Crippen LogP contribution in [0.1, 0.15) is 17.1 Å². The van der Waals surface area contributed by atoms with Crippen LogP contribution < -0.4 is 10.1 Å². The molecular formula is C20H28N2O4. The number of morpholine rings is 1. The summed E-state index contributed by atoms with van der Waals surface area (Å²) in [4.78, 5) is 2.20. The van der Waals surface area contributed by atoms with Crippen LogP contribution in [-0.4, -0.2) is 55.6 Å². The number of benzene rings is 1. The van der Waals surface area contributed by atoms with Gasteiger partial charge in [-0.1, -0.05) is 12.1 Å². The van der Waals surface area contributed by atoms with Crippen LogP contribution in [-0.2, 0) is 17.8 Å². The van der Waals surface area contributed by atoms with Crippen LogP contribution in [0.25, 0.3) is 0 Å². The Morgan fingerprint density at radius 1 is 1.19 bits per heavy atom. The minimum Gasteiger partial charge on any atom is -0.491 e. The van der Waals surface area contributed by atoms with Gasteiger partial charge in [0.1, 0.15) is 30.0 Å². The number of aliphatic hydroxyl groups is 1. The summed E-state index contributed by atoms with van der Waals surface area (Å²) in [6, 6.07) is 11.9. The lowest BCUT2D eigenvalue weighted by Gasteiger charge is -2.28. The molecule has 1 aromatic carbocycles. The van der Waals surface area contributed by atoms with E-state index in [2.05, 4.69) is 16.3 Å². The molecule has 1 unspecified atom stereocenters. The molecule has 1 atom stereocenters. The average Bonchev–Trinajstić information content (AvgIpc) is 3.06. The fourth-order valence-corrected chi connectivity index (χ4v) is 2.98. The van der Waals surface area contributed by atoms with Gasteiger partial charge in [0, 0.05) is 26.2 Å². The maximum Gasteiger partial charge on any atom is 0.119 e. The van der Waals surface area contributed by atoms with Gasteiger partial charge in [0.2, 0.25) is 0 Å². The standard InChI is InChI=1S/C20H28N2O4/c1-16-5-6-20(26-16)13-21-12-17-3-2-4-19(11-17)25-15-18(23)14-22-7-9-24-10-8-22/h2-6,11,18,21,23H,7-10,12-15H2,1H3. The maximum atomic E-state index is 10.2. The number of furan rings is 1. The summed E-state index contributed by atoms with van der Waals surface area (Å²) in [5.74, 6) is 2.63. The molecule has 26 heavy (non-hydrogen) atoms. The van der Waals surface area contributed by atoms with Crippen molar-refractivity contribution in [2.75, 3.05) is 39.5 Å². The molecule has 1 aliphatic rings. The number of hydrogen-bond acceptors (Lipinski definition) is 6.